The number of hydrogen-bond donors (Lipinski definition) is 0. The van der Waals surface area contributed by atoms with Gasteiger partial charge in [0.15, 0.2) is 0 Å². The highest BCUT2D eigenvalue weighted by Crippen LogP contribution is 2.33. The number of epoxide rings is 1. The van der Waals surface area contributed by atoms with Gasteiger partial charge in [-0.3, -0.25) is 0 Å². The molecule has 13 heavy (non-hydrogen) atoms. The van der Waals surface area contributed by atoms with Crippen LogP contribution in [0.5, 0.6) is 0 Å². The molecule has 76 valence electrons. The highest BCUT2D eigenvalue weighted by molar-refractivity contribution is 4.86. The molecule has 2 nitrogen and oxygen atoms in total. The van der Waals surface area contributed by atoms with Gasteiger partial charge in [-0.2, -0.15) is 0 Å². The van der Waals surface area contributed by atoms with Crippen molar-refractivity contribution in [2.75, 3.05) is 26.2 Å². The molecule has 0 aromatic carbocycles. The Morgan fingerprint density at radius 3 is 2.54 bits per heavy atom. The van der Waals surface area contributed by atoms with Crippen LogP contribution in [0.2, 0.25) is 0 Å². The van der Waals surface area contributed by atoms with Gasteiger partial charge < -0.3 is 9.64 Å². The molecular formula is C11H21NO. The second kappa shape index (κ2) is 3.25. The van der Waals surface area contributed by atoms with E-state index in [2.05, 4.69) is 25.7 Å². The predicted molar refractivity (Wildman–Crippen MR) is 53.7 cm³/mol. The second-order valence-electron chi connectivity index (χ2n) is 5.57. The molecular weight excluding hydrogens is 162 g/mol. The van der Waals surface area contributed by atoms with Crippen molar-refractivity contribution in [1.82, 2.24) is 4.90 Å². The summed E-state index contributed by atoms with van der Waals surface area (Å²) in [5.41, 5.74) is 0.485. The summed E-state index contributed by atoms with van der Waals surface area (Å²) in [6.07, 6.45) is 1.94. The maximum Gasteiger partial charge on any atom is 0.0936 e. The van der Waals surface area contributed by atoms with E-state index in [0.29, 0.717) is 11.5 Å². The smallest absolute Gasteiger partial charge is 0.0936 e. The molecule has 0 aromatic heterocycles. The minimum atomic E-state index is 0.485. The van der Waals surface area contributed by atoms with Gasteiger partial charge in [-0.15, -0.1) is 0 Å². The third kappa shape index (κ3) is 2.44. The van der Waals surface area contributed by atoms with Crippen LogP contribution in [0.25, 0.3) is 0 Å². The Bertz CT molecular complexity index is 181. The maximum absolute atomic E-state index is 5.25. The van der Waals surface area contributed by atoms with Gasteiger partial charge in [0.05, 0.1) is 12.7 Å². The van der Waals surface area contributed by atoms with E-state index in [9.17, 15) is 0 Å². The second-order valence-corrected chi connectivity index (χ2v) is 5.57. The lowest BCUT2D eigenvalue weighted by Crippen LogP contribution is -2.28. The van der Waals surface area contributed by atoms with E-state index in [1.807, 2.05) is 0 Å². The van der Waals surface area contributed by atoms with Crippen LogP contribution < -0.4 is 0 Å². The minimum Gasteiger partial charge on any atom is -0.372 e. The van der Waals surface area contributed by atoms with E-state index in [1.54, 1.807) is 0 Å². The van der Waals surface area contributed by atoms with Crippen LogP contribution in [0.15, 0.2) is 0 Å². The molecule has 0 amide bonds. The van der Waals surface area contributed by atoms with E-state index >= 15 is 0 Å². The van der Waals surface area contributed by atoms with Gasteiger partial charge in [-0.05, 0) is 24.3 Å². The van der Waals surface area contributed by atoms with Crippen LogP contribution in [0.3, 0.4) is 0 Å². The molecule has 0 saturated carbocycles. The Labute approximate surface area is 81.3 Å². The monoisotopic (exact) mass is 183 g/mol. The van der Waals surface area contributed by atoms with E-state index in [-0.39, 0.29) is 0 Å². The molecule has 2 unspecified atom stereocenters. The van der Waals surface area contributed by atoms with Crippen LogP contribution in [0, 0.1) is 11.3 Å². The largest absolute Gasteiger partial charge is 0.372 e. The molecule has 2 saturated heterocycles. The summed E-state index contributed by atoms with van der Waals surface area (Å²) >= 11 is 0. The molecule has 0 N–H and O–H groups in total. The van der Waals surface area contributed by atoms with Crippen LogP contribution in [0.1, 0.15) is 27.2 Å². The number of likely N-dealkylation sites (tertiary alicyclic amines) is 1. The van der Waals surface area contributed by atoms with Crippen LogP contribution in [-0.4, -0.2) is 37.2 Å². The lowest BCUT2D eigenvalue weighted by atomic mass is 9.80. The standard InChI is InChI=1S/C11H21NO/c1-11(2,3)9-4-5-12(6-9)7-10-8-13-10/h9-10H,4-8H2,1-3H3. The lowest BCUT2D eigenvalue weighted by Gasteiger charge is -2.26. The van der Waals surface area contributed by atoms with Crippen molar-refractivity contribution in [3.05, 3.63) is 0 Å². The fraction of sp³-hybridized carbons (Fsp3) is 1.00. The van der Waals surface area contributed by atoms with Gasteiger partial charge in [0.2, 0.25) is 0 Å². The minimum absolute atomic E-state index is 0.485. The molecule has 2 heterocycles. The predicted octanol–water partition coefficient (Wildman–Crippen LogP) is 1.75. The van der Waals surface area contributed by atoms with E-state index in [1.165, 1.54) is 26.1 Å². The molecule has 0 aromatic rings. The van der Waals surface area contributed by atoms with Gasteiger partial charge in [-0.25, -0.2) is 0 Å². The van der Waals surface area contributed by atoms with Crippen LogP contribution in [0.4, 0.5) is 0 Å². The average molecular weight is 183 g/mol. The summed E-state index contributed by atoms with van der Waals surface area (Å²) in [5, 5.41) is 0. The Morgan fingerprint density at radius 1 is 1.38 bits per heavy atom. The zero-order valence-corrected chi connectivity index (χ0v) is 9.05. The number of hydrogen-bond acceptors (Lipinski definition) is 2. The Kier molecular flexibility index (Phi) is 2.37. The fourth-order valence-corrected chi connectivity index (χ4v) is 2.17. The Morgan fingerprint density at radius 2 is 2.08 bits per heavy atom. The normalized spacial score (nSPS) is 35.3. The van der Waals surface area contributed by atoms with Crippen molar-refractivity contribution < 1.29 is 4.74 Å². The third-order valence-electron chi connectivity index (χ3n) is 3.36. The molecule has 0 aliphatic carbocycles. The summed E-state index contributed by atoms with van der Waals surface area (Å²) in [5.74, 6) is 0.881. The van der Waals surface area contributed by atoms with E-state index < -0.39 is 0 Å². The first-order valence-corrected chi connectivity index (χ1v) is 5.39. The van der Waals surface area contributed by atoms with Gasteiger partial charge >= 0.3 is 0 Å². The third-order valence-corrected chi connectivity index (χ3v) is 3.36. The molecule has 2 atom stereocenters. The molecule has 0 spiro atoms. The summed E-state index contributed by atoms with van der Waals surface area (Å²) in [6, 6.07) is 0. The van der Waals surface area contributed by atoms with E-state index in [4.69, 9.17) is 4.74 Å². The van der Waals surface area contributed by atoms with Crippen molar-refractivity contribution in [3.8, 4) is 0 Å². The van der Waals surface area contributed by atoms with Gasteiger partial charge in [0.25, 0.3) is 0 Å². The molecule has 0 radical (unpaired) electrons. The molecule has 2 fully saturated rings. The SMILES string of the molecule is CC(C)(C)C1CCN(CC2CO2)C1. The van der Waals surface area contributed by atoms with Crippen molar-refractivity contribution in [2.24, 2.45) is 11.3 Å². The maximum atomic E-state index is 5.25. The summed E-state index contributed by atoms with van der Waals surface area (Å²) in [6.45, 7) is 11.8. The zero-order chi connectivity index (χ0) is 9.47. The quantitative estimate of drug-likeness (QED) is 0.606. The van der Waals surface area contributed by atoms with Crippen molar-refractivity contribution >= 4 is 0 Å². The van der Waals surface area contributed by atoms with Crippen LogP contribution >= 0.6 is 0 Å². The van der Waals surface area contributed by atoms with Crippen molar-refractivity contribution in [2.45, 2.75) is 33.3 Å². The van der Waals surface area contributed by atoms with Gasteiger partial charge in [0.1, 0.15) is 0 Å². The number of ether oxygens (including phenoxy) is 1. The van der Waals surface area contributed by atoms with E-state index in [0.717, 1.165) is 12.5 Å². The van der Waals surface area contributed by atoms with Crippen molar-refractivity contribution in [3.63, 3.8) is 0 Å². The average Bonchev–Trinajstić information content (AvgIpc) is 2.63. The summed E-state index contributed by atoms with van der Waals surface area (Å²) < 4.78 is 5.25. The van der Waals surface area contributed by atoms with Gasteiger partial charge in [0, 0.05) is 13.1 Å². The van der Waals surface area contributed by atoms with Crippen molar-refractivity contribution in [1.29, 1.82) is 0 Å². The molecule has 2 rings (SSSR count). The summed E-state index contributed by atoms with van der Waals surface area (Å²) in [4.78, 5) is 2.56. The van der Waals surface area contributed by atoms with Gasteiger partial charge in [-0.1, -0.05) is 20.8 Å². The number of rotatable bonds is 2. The topological polar surface area (TPSA) is 15.8 Å². The summed E-state index contributed by atoms with van der Waals surface area (Å²) in [7, 11) is 0. The Hall–Kier alpha value is -0.0800. The highest BCUT2D eigenvalue weighted by Gasteiger charge is 2.34. The molecule has 2 heteroatoms. The Balaban J connectivity index is 1.79. The zero-order valence-electron chi connectivity index (χ0n) is 9.05. The first kappa shape index (κ1) is 9.47. The molecule has 2 aliphatic heterocycles. The highest BCUT2D eigenvalue weighted by atomic mass is 16.6. The number of nitrogens with zero attached hydrogens (tertiary/aromatic N) is 1. The van der Waals surface area contributed by atoms with Crippen LogP contribution in [-0.2, 0) is 4.74 Å². The first-order valence-electron chi connectivity index (χ1n) is 5.39. The molecule has 0 bridgehead atoms. The fourth-order valence-electron chi connectivity index (χ4n) is 2.17. The lowest BCUT2D eigenvalue weighted by molar-refractivity contribution is 0.220. The molecule has 2 aliphatic rings. The first-order chi connectivity index (χ1) is 6.05.